The van der Waals surface area contributed by atoms with E-state index < -0.39 is 81.6 Å². The molecule has 8 unspecified atom stereocenters. The van der Waals surface area contributed by atoms with Gasteiger partial charge in [0.15, 0.2) is 11.9 Å². The number of methoxy groups -OCH3 is 1. The van der Waals surface area contributed by atoms with Crippen molar-refractivity contribution in [2.75, 3.05) is 13.7 Å². The summed E-state index contributed by atoms with van der Waals surface area (Å²) in [6.45, 7) is 12.1. The second-order valence-electron chi connectivity index (χ2n) is 13.6. The van der Waals surface area contributed by atoms with Gasteiger partial charge in [0.1, 0.15) is 23.6 Å². The van der Waals surface area contributed by atoms with Crippen LogP contribution in [0.1, 0.15) is 73.0 Å². The number of hydrogen-bond acceptors (Lipinski definition) is 10. The van der Waals surface area contributed by atoms with Crippen molar-refractivity contribution >= 4 is 11.8 Å². The third kappa shape index (κ3) is 4.97. The van der Waals surface area contributed by atoms with Gasteiger partial charge in [-0.15, -0.1) is 0 Å². The fourth-order valence-electron chi connectivity index (χ4n) is 8.90. The van der Waals surface area contributed by atoms with Crippen molar-refractivity contribution in [2.45, 2.75) is 109 Å². The zero-order valence-electron chi connectivity index (χ0n) is 26.3. The molecular weight excluding hydrogens is 986 g/mol. The molecule has 2 heterocycles. The van der Waals surface area contributed by atoms with E-state index in [1.165, 1.54) is 13.4 Å². The predicted octanol–water partition coefficient (Wildman–Crippen LogP) is 2.27. The number of carbonyl (C=O) groups excluding carboxylic acids is 2. The number of Topliss-reactive ketones (excluding diaryl/α,β-unsaturated/α-hetero) is 1. The van der Waals surface area contributed by atoms with Gasteiger partial charge in [-0.05, 0) is 43.0 Å². The first kappa shape index (κ1) is 38.3. The summed E-state index contributed by atoms with van der Waals surface area (Å²) < 4.78 is 22.8. The first-order valence-corrected chi connectivity index (χ1v) is 14.4. The van der Waals surface area contributed by atoms with Crippen LogP contribution in [-0.4, -0.2) is 87.6 Å². The number of fused-ring (bicyclic) bond motifs is 5. The molecule has 234 valence electrons. The molecule has 2 radical (unpaired) electrons. The Labute approximate surface area is 324 Å². The van der Waals surface area contributed by atoms with Crippen LogP contribution in [0.2, 0.25) is 0 Å². The Morgan fingerprint density at radius 1 is 1.14 bits per heavy atom. The molecular formula is C31H44Ac2O10. The summed E-state index contributed by atoms with van der Waals surface area (Å²) in [6.07, 6.45) is -3.93. The summed E-state index contributed by atoms with van der Waals surface area (Å²) in [7, 11) is 1.50. The quantitative estimate of drug-likeness (QED) is 0.255. The maximum absolute atomic E-state index is 14.5. The molecule has 12 heteroatoms. The second kappa shape index (κ2) is 12.7. The topological polar surface area (TPSA) is 156 Å². The van der Waals surface area contributed by atoms with E-state index >= 15 is 0 Å². The summed E-state index contributed by atoms with van der Waals surface area (Å²) in [6, 6.07) is 3.31. The number of aliphatic hydroxyl groups is 4. The van der Waals surface area contributed by atoms with E-state index in [1.54, 1.807) is 60.6 Å². The zero-order chi connectivity index (χ0) is 30.5. The minimum absolute atomic E-state index is 0. The van der Waals surface area contributed by atoms with Gasteiger partial charge in [-0.2, -0.15) is 0 Å². The molecule has 4 aliphatic rings. The van der Waals surface area contributed by atoms with Gasteiger partial charge in [-0.1, -0.05) is 34.6 Å². The van der Waals surface area contributed by atoms with Crippen molar-refractivity contribution in [1.82, 2.24) is 0 Å². The molecule has 5 rings (SSSR count). The first-order valence-electron chi connectivity index (χ1n) is 14.4. The van der Waals surface area contributed by atoms with Crippen molar-refractivity contribution in [3.05, 3.63) is 35.3 Å². The summed E-state index contributed by atoms with van der Waals surface area (Å²) in [5, 5.41) is 47.6. The van der Waals surface area contributed by atoms with Gasteiger partial charge in [-0.25, -0.2) is 4.79 Å². The Morgan fingerprint density at radius 2 is 1.77 bits per heavy atom. The summed E-state index contributed by atoms with van der Waals surface area (Å²) in [5.74, 6) is -2.49. The number of hydrogen-bond donors (Lipinski definition) is 4. The van der Waals surface area contributed by atoms with Crippen LogP contribution in [0.3, 0.4) is 0 Å². The van der Waals surface area contributed by atoms with Gasteiger partial charge < -0.3 is 39.1 Å². The molecule has 4 N–H and O–H groups in total. The number of esters is 1. The standard InChI is InChI=1S/C31H44O10.2Ac/c1-15-19(41-26(35)23(32)16(2)18-10-9-11-39-18)13-30(36)17(3)29(7)28(6,25(34)24(33)22(15)27(30,4)5)20(38-8)12-21-31(29,37)14-40-21;;/h9-11,16-17,19-21,23-24,32-33,36-37H,12-14H2,1-8H3;;/t16-,17-,19?,20?,21?,23?,24?,28-,29?,30?,31?;;/m0../s1. The first-order chi connectivity index (χ1) is 18.9. The molecule has 2 saturated carbocycles. The molecule has 0 amide bonds. The largest absolute Gasteiger partial charge is 0.469 e. The van der Waals surface area contributed by atoms with Gasteiger partial charge in [0, 0.05) is 119 Å². The molecule has 0 spiro atoms. The molecule has 2 bridgehead atoms. The summed E-state index contributed by atoms with van der Waals surface area (Å²) in [5.41, 5.74) is -6.31. The normalized spacial score (nSPS) is 42.9. The van der Waals surface area contributed by atoms with E-state index in [4.69, 9.17) is 18.6 Å². The number of aliphatic hydroxyl groups excluding tert-OH is 2. The van der Waals surface area contributed by atoms with E-state index in [-0.39, 0.29) is 113 Å². The SMILES string of the molecule is COC1CC2OCC2(O)C2(C)[C@H](C)C3(O)CC(OC(=O)C(O)[C@@H](C)c4ccco4)C(C)=C(C(O)C(=O)[C@]12C)C3(C)C.[Ac].[Ac]. The van der Waals surface area contributed by atoms with Crippen molar-refractivity contribution in [1.29, 1.82) is 0 Å². The molecule has 43 heavy (non-hydrogen) atoms. The summed E-state index contributed by atoms with van der Waals surface area (Å²) in [4.78, 5) is 27.8. The van der Waals surface area contributed by atoms with E-state index in [0.717, 1.165) is 0 Å². The van der Waals surface area contributed by atoms with Crippen LogP contribution in [0.25, 0.3) is 0 Å². The molecule has 10 nitrogen and oxygen atoms in total. The average Bonchev–Trinajstić information content (AvgIpc) is 3.46. The van der Waals surface area contributed by atoms with Crippen molar-refractivity contribution in [3.8, 4) is 0 Å². The van der Waals surface area contributed by atoms with Crippen molar-refractivity contribution < 1.29 is 137 Å². The second-order valence-corrected chi connectivity index (χ2v) is 13.6. The minimum Gasteiger partial charge on any atom is -0.469 e. The Kier molecular flexibility index (Phi) is 11.3. The third-order valence-corrected chi connectivity index (χ3v) is 12.1. The third-order valence-electron chi connectivity index (χ3n) is 12.1. The van der Waals surface area contributed by atoms with E-state index in [2.05, 4.69) is 0 Å². The van der Waals surface area contributed by atoms with Crippen LogP contribution in [0, 0.1) is 110 Å². The average molecular weight is 1030 g/mol. The van der Waals surface area contributed by atoms with Crippen LogP contribution >= 0.6 is 0 Å². The fourth-order valence-corrected chi connectivity index (χ4v) is 8.90. The Morgan fingerprint density at radius 3 is 2.28 bits per heavy atom. The molecule has 3 aliphatic carbocycles. The number of carbonyl (C=O) groups is 2. The number of rotatable bonds is 5. The smallest absolute Gasteiger partial charge is 0.336 e. The van der Waals surface area contributed by atoms with Gasteiger partial charge in [0.05, 0.1) is 42.0 Å². The molecule has 0 aromatic carbocycles. The van der Waals surface area contributed by atoms with Crippen LogP contribution < -0.4 is 0 Å². The fraction of sp³-hybridized carbons (Fsp3) is 0.742. The summed E-state index contributed by atoms with van der Waals surface area (Å²) >= 11 is 0. The number of furan rings is 1. The molecule has 3 fully saturated rings. The molecule has 1 saturated heterocycles. The monoisotopic (exact) mass is 1030 g/mol. The molecule has 1 aromatic rings. The minimum atomic E-state index is -1.67. The van der Waals surface area contributed by atoms with Gasteiger partial charge in [0.2, 0.25) is 0 Å². The van der Waals surface area contributed by atoms with E-state index in [1.807, 2.05) is 0 Å². The van der Waals surface area contributed by atoms with E-state index in [0.29, 0.717) is 11.3 Å². The molecule has 1 aromatic heterocycles. The van der Waals surface area contributed by atoms with Crippen LogP contribution in [0.15, 0.2) is 34.0 Å². The molecule has 1 aliphatic heterocycles. The Balaban J connectivity index is 0.00000253. The van der Waals surface area contributed by atoms with Crippen molar-refractivity contribution in [2.24, 2.45) is 22.2 Å². The van der Waals surface area contributed by atoms with Crippen molar-refractivity contribution in [3.63, 3.8) is 0 Å². The number of ether oxygens (including phenoxy) is 3. The van der Waals surface area contributed by atoms with Gasteiger partial charge in [-0.3, -0.25) is 4.79 Å². The van der Waals surface area contributed by atoms with Gasteiger partial charge in [0.25, 0.3) is 0 Å². The molecule has 11 atom stereocenters. The maximum Gasteiger partial charge on any atom is 0.336 e. The Bertz CT molecular complexity index is 1270. The zero-order valence-corrected chi connectivity index (χ0v) is 35.8. The van der Waals surface area contributed by atoms with Crippen LogP contribution in [-0.2, 0) is 23.8 Å². The number of ketones is 1. The predicted molar refractivity (Wildman–Crippen MR) is 146 cm³/mol. The van der Waals surface area contributed by atoms with Crippen LogP contribution in [0.5, 0.6) is 0 Å². The van der Waals surface area contributed by atoms with Crippen LogP contribution in [0.4, 0.5) is 0 Å². The maximum atomic E-state index is 14.5. The van der Waals surface area contributed by atoms with E-state index in [9.17, 15) is 30.0 Å². The Hall–Kier alpha value is 0.803. The van der Waals surface area contributed by atoms with Gasteiger partial charge >= 0.3 is 5.97 Å².